The average molecular weight is 253 g/mol. The number of carbonyl (C=O) groups is 1. The van der Waals surface area contributed by atoms with E-state index in [-0.39, 0.29) is 12.5 Å². The van der Waals surface area contributed by atoms with Crippen LogP contribution in [0.3, 0.4) is 0 Å². The highest BCUT2D eigenvalue weighted by atomic mass is 16.5. The van der Waals surface area contributed by atoms with Crippen molar-refractivity contribution in [2.75, 3.05) is 20.8 Å². The molecule has 5 heteroatoms. The predicted octanol–water partition coefficient (Wildman–Crippen LogP) is 1.26. The summed E-state index contributed by atoms with van der Waals surface area (Å²) in [6.07, 6.45) is -0.437. The van der Waals surface area contributed by atoms with Gasteiger partial charge in [-0.25, -0.2) is 0 Å². The van der Waals surface area contributed by atoms with Crippen LogP contribution in [0.1, 0.15) is 25.0 Å². The predicted molar refractivity (Wildman–Crippen MR) is 67.8 cm³/mol. The average Bonchev–Trinajstić information content (AvgIpc) is 2.43. The number of aliphatic hydroxyl groups excluding tert-OH is 1. The zero-order valence-electron chi connectivity index (χ0n) is 10.9. The maximum atomic E-state index is 11.1. The SMILES string of the molecule is CCC(=O)NCC(O)c1cc(OC)ccc1OC. The molecule has 0 heterocycles. The number of rotatable bonds is 6. The van der Waals surface area contributed by atoms with Crippen LogP contribution < -0.4 is 14.8 Å². The molecule has 1 aromatic rings. The minimum Gasteiger partial charge on any atom is -0.497 e. The van der Waals surface area contributed by atoms with Gasteiger partial charge in [-0.05, 0) is 18.2 Å². The van der Waals surface area contributed by atoms with Crippen LogP contribution in [-0.4, -0.2) is 31.8 Å². The van der Waals surface area contributed by atoms with Crippen LogP contribution >= 0.6 is 0 Å². The summed E-state index contributed by atoms with van der Waals surface area (Å²) in [5.74, 6) is 1.09. The van der Waals surface area contributed by atoms with Gasteiger partial charge in [-0.2, -0.15) is 0 Å². The van der Waals surface area contributed by atoms with Gasteiger partial charge in [-0.1, -0.05) is 6.92 Å². The second-order valence-corrected chi connectivity index (χ2v) is 3.78. The topological polar surface area (TPSA) is 67.8 Å². The summed E-state index contributed by atoms with van der Waals surface area (Å²) in [5, 5.41) is 12.7. The summed E-state index contributed by atoms with van der Waals surface area (Å²) in [4.78, 5) is 11.1. The van der Waals surface area contributed by atoms with Crippen LogP contribution in [0.25, 0.3) is 0 Å². The quantitative estimate of drug-likeness (QED) is 0.801. The lowest BCUT2D eigenvalue weighted by Gasteiger charge is -2.16. The third kappa shape index (κ3) is 3.63. The molecule has 0 aliphatic rings. The van der Waals surface area contributed by atoms with Crippen LogP contribution in [-0.2, 0) is 4.79 Å². The maximum Gasteiger partial charge on any atom is 0.219 e. The molecule has 1 rings (SSSR count). The molecule has 1 unspecified atom stereocenters. The lowest BCUT2D eigenvalue weighted by Crippen LogP contribution is -2.27. The molecular formula is C13H19NO4. The van der Waals surface area contributed by atoms with E-state index in [2.05, 4.69) is 5.32 Å². The molecule has 18 heavy (non-hydrogen) atoms. The number of aliphatic hydroxyl groups is 1. The van der Waals surface area contributed by atoms with Crippen molar-refractivity contribution in [2.24, 2.45) is 0 Å². The number of benzene rings is 1. The molecule has 0 radical (unpaired) electrons. The van der Waals surface area contributed by atoms with Crippen molar-refractivity contribution >= 4 is 5.91 Å². The Morgan fingerprint density at radius 1 is 1.39 bits per heavy atom. The van der Waals surface area contributed by atoms with E-state index in [9.17, 15) is 9.90 Å². The fourth-order valence-electron chi connectivity index (χ4n) is 1.55. The van der Waals surface area contributed by atoms with Crippen LogP contribution in [0.2, 0.25) is 0 Å². The van der Waals surface area contributed by atoms with Crippen molar-refractivity contribution in [2.45, 2.75) is 19.4 Å². The van der Waals surface area contributed by atoms with Crippen LogP contribution in [0.15, 0.2) is 18.2 Å². The van der Waals surface area contributed by atoms with Gasteiger partial charge in [0.25, 0.3) is 0 Å². The first-order valence-electron chi connectivity index (χ1n) is 5.79. The van der Waals surface area contributed by atoms with Gasteiger partial charge in [0, 0.05) is 18.5 Å². The Bertz CT molecular complexity index is 406. The zero-order valence-corrected chi connectivity index (χ0v) is 10.9. The third-order valence-corrected chi connectivity index (χ3v) is 2.61. The molecule has 5 nitrogen and oxygen atoms in total. The number of ether oxygens (including phenoxy) is 2. The molecule has 0 saturated heterocycles. The first-order chi connectivity index (χ1) is 8.62. The van der Waals surface area contributed by atoms with Crippen LogP contribution in [0.4, 0.5) is 0 Å². The minimum atomic E-state index is -0.828. The van der Waals surface area contributed by atoms with Crippen molar-refractivity contribution < 1.29 is 19.4 Å². The Kier molecular flexibility index (Phi) is 5.45. The summed E-state index contributed by atoms with van der Waals surface area (Å²) in [5.41, 5.74) is 0.591. The number of nitrogens with one attached hydrogen (secondary N) is 1. The van der Waals surface area contributed by atoms with Gasteiger partial charge in [0.15, 0.2) is 0 Å². The molecule has 2 N–H and O–H groups in total. The number of amides is 1. The lowest BCUT2D eigenvalue weighted by molar-refractivity contribution is -0.121. The van der Waals surface area contributed by atoms with Gasteiger partial charge in [0.05, 0.1) is 20.3 Å². The Labute approximate surface area is 107 Å². The van der Waals surface area contributed by atoms with Crippen molar-refractivity contribution in [3.8, 4) is 11.5 Å². The van der Waals surface area contributed by atoms with E-state index >= 15 is 0 Å². The summed E-state index contributed by atoms with van der Waals surface area (Å²) >= 11 is 0. The van der Waals surface area contributed by atoms with Crippen LogP contribution in [0, 0.1) is 0 Å². The Hall–Kier alpha value is -1.75. The molecule has 1 aromatic carbocycles. The molecule has 0 saturated carbocycles. The molecule has 0 fully saturated rings. The van der Waals surface area contributed by atoms with Crippen molar-refractivity contribution in [3.05, 3.63) is 23.8 Å². The number of carbonyl (C=O) groups excluding carboxylic acids is 1. The van der Waals surface area contributed by atoms with E-state index in [4.69, 9.17) is 9.47 Å². The maximum absolute atomic E-state index is 11.1. The largest absolute Gasteiger partial charge is 0.497 e. The van der Waals surface area contributed by atoms with Gasteiger partial charge in [0.2, 0.25) is 5.91 Å². The molecule has 0 bridgehead atoms. The molecular weight excluding hydrogens is 234 g/mol. The summed E-state index contributed by atoms with van der Waals surface area (Å²) in [7, 11) is 3.08. The summed E-state index contributed by atoms with van der Waals surface area (Å²) in [6, 6.07) is 5.17. The van der Waals surface area contributed by atoms with Gasteiger partial charge >= 0.3 is 0 Å². The second-order valence-electron chi connectivity index (χ2n) is 3.78. The van der Waals surface area contributed by atoms with E-state index < -0.39 is 6.10 Å². The fourth-order valence-corrected chi connectivity index (χ4v) is 1.55. The van der Waals surface area contributed by atoms with Gasteiger partial charge < -0.3 is 19.9 Å². The standard InChI is InChI=1S/C13H19NO4/c1-4-13(16)14-8-11(15)10-7-9(17-2)5-6-12(10)18-3/h5-7,11,15H,4,8H2,1-3H3,(H,14,16). The molecule has 100 valence electrons. The third-order valence-electron chi connectivity index (χ3n) is 2.61. The van der Waals surface area contributed by atoms with E-state index in [1.807, 2.05) is 0 Å². The van der Waals surface area contributed by atoms with E-state index in [1.54, 1.807) is 32.2 Å². The lowest BCUT2D eigenvalue weighted by atomic mass is 10.1. The highest BCUT2D eigenvalue weighted by molar-refractivity contribution is 5.75. The van der Waals surface area contributed by atoms with E-state index in [0.29, 0.717) is 23.5 Å². The number of hydrogen-bond donors (Lipinski definition) is 2. The number of hydrogen-bond acceptors (Lipinski definition) is 4. The van der Waals surface area contributed by atoms with E-state index in [1.165, 1.54) is 7.11 Å². The molecule has 0 aromatic heterocycles. The molecule has 1 atom stereocenters. The first kappa shape index (κ1) is 14.3. The Morgan fingerprint density at radius 3 is 2.67 bits per heavy atom. The molecule has 0 spiro atoms. The van der Waals surface area contributed by atoms with Crippen molar-refractivity contribution in [1.82, 2.24) is 5.32 Å². The highest BCUT2D eigenvalue weighted by Crippen LogP contribution is 2.28. The van der Waals surface area contributed by atoms with Crippen LogP contribution in [0.5, 0.6) is 11.5 Å². The Morgan fingerprint density at radius 2 is 2.11 bits per heavy atom. The molecule has 0 aliphatic carbocycles. The monoisotopic (exact) mass is 253 g/mol. The first-order valence-corrected chi connectivity index (χ1v) is 5.79. The van der Waals surface area contributed by atoms with Gasteiger partial charge in [-0.3, -0.25) is 4.79 Å². The zero-order chi connectivity index (χ0) is 13.5. The normalized spacial score (nSPS) is 11.8. The smallest absolute Gasteiger partial charge is 0.219 e. The highest BCUT2D eigenvalue weighted by Gasteiger charge is 2.15. The minimum absolute atomic E-state index is 0.101. The van der Waals surface area contributed by atoms with Gasteiger partial charge in [0.1, 0.15) is 11.5 Å². The Balaban J connectivity index is 2.82. The molecule has 1 amide bonds. The summed E-state index contributed by atoms with van der Waals surface area (Å²) < 4.78 is 10.3. The van der Waals surface area contributed by atoms with Crippen molar-refractivity contribution in [3.63, 3.8) is 0 Å². The second kappa shape index (κ2) is 6.86. The van der Waals surface area contributed by atoms with Crippen molar-refractivity contribution in [1.29, 1.82) is 0 Å². The summed E-state index contributed by atoms with van der Waals surface area (Å²) in [6.45, 7) is 1.91. The fraction of sp³-hybridized carbons (Fsp3) is 0.462. The van der Waals surface area contributed by atoms with E-state index in [0.717, 1.165) is 0 Å². The van der Waals surface area contributed by atoms with Gasteiger partial charge in [-0.15, -0.1) is 0 Å². The molecule has 0 aliphatic heterocycles. The number of methoxy groups -OCH3 is 2.